The first-order chi connectivity index (χ1) is 15.9. The maximum atomic E-state index is 13.2. The van der Waals surface area contributed by atoms with Crippen LogP contribution in [0.15, 0.2) is 47.2 Å². The Balaban J connectivity index is 1.58. The minimum Gasteiger partial charge on any atom is -0.361 e. The second-order valence-corrected chi connectivity index (χ2v) is 8.73. The van der Waals surface area contributed by atoms with Crippen molar-refractivity contribution < 1.29 is 14.1 Å². The fraction of sp³-hybridized carbons (Fsp3) is 0.400. The first-order valence-corrected chi connectivity index (χ1v) is 11.3. The zero-order chi connectivity index (χ0) is 23.4. The summed E-state index contributed by atoms with van der Waals surface area (Å²) >= 11 is 0. The molecule has 8 heteroatoms. The summed E-state index contributed by atoms with van der Waals surface area (Å²) in [6.45, 7) is 7.12. The minimum absolute atomic E-state index is 0.0780. The van der Waals surface area contributed by atoms with E-state index in [-0.39, 0.29) is 24.1 Å². The molecule has 1 N–H and O–H groups in total. The molecule has 4 rings (SSSR count). The number of aromatic nitrogens is 3. The molecule has 3 aromatic rings. The zero-order valence-electron chi connectivity index (χ0n) is 19.3. The lowest BCUT2D eigenvalue weighted by molar-refractivity contribution is -0.134. The highest BCUT2D eigenvalue weighted by atomic mass is 16.5. The molecular formula is C25H29N5O3. The van der Waals surface area contributed by atoms with Crippen LogP contribution in [0.1, 0.15) is 47.3 Å². The SMILES string of the molecule is CCNC(=O)[C@@]1(Cc2cc(-c3ccc(C)cc3)no2)CCCN(C(=O)c2cnc(C)cn2)C1. The van der Waals surface area contributed by atoms with Crippen molar-refractivity contribution in [3.8, 4) is 11.3 Å². The summed E-state index contributed by atoms with van der Waals surface area (Å²) in [6, 6.07) is 9.94. The average molecular weight is 448 g/mol. The van der Waals surface area contributed by atoms with Gasteiger partial charge in [0.1, 0.15) is 17.1 Å². The van der Waals surface area contributed by atoms with Crippen molar-refractivity contribution in [2.75, 3.05) is 19.6 Å². The van der Waals surface area contributed by atoms with Crippen LogP contribution in [0.25, 0.3) is 11.3 Å². The number of benzene rings is 1. The summed E-state index contributed by atoms with van der Waals surface area (Å²) in [4.78, 5) is 36.5. The molecular weight excluding hydrogens is 418 g/mol. The molecule has 1 atom stereocenters. The molecule has 2 aromatic heterocycles. The number of carbonyl (C=O) groups is 2. The van der Waals surface area contributed by atoms with Crippen LogP contribution in [-0.4, -0.2) is 51.5 Å². The zero-order valence-corrected chi connectivity index (χ0v) is 19.3. The topological polar surface area (TPSA) is 101 Å². The number of hydrogen-bond acceptors (Lipinski definition) is 6. The highest BCUT2D eigenvalue weighted by Gasteiger charge is 2.44. The van der Waals surface area contributed by atoms with Crippen LogP contribution < -0.4 is 5.32 Å². The van der Waals surface area contributed by atoms with Gasteiger partial charge >= 0.3 is 0 Å². The molecule has 1 aliphatic rings. The Morgan fingerprint density at radius 1 is 1.15 bits per heavy atom. The molecule has 0 unspecified atom stereocenters. The minimum atomic E-state index is -0.799. The van der Waals surface area contributed by atoms with Gasteiger partial charge in [-0.2, -0.15) is 0 Å². The second-order valence-electron chi connectivity index (χ2n) is 8.73. The number of piperidine rings is 1. The Hall–Kier alpha value is -3.55. The van der Waals surface area contributed by atoms with Crippen molar-refractivity contribution in [1.82, 2.24) is 25.3 Å². The number of hydrogen-bond donors (Lipinski definition) is 1. The number of likely N-dealkylation sites (tertiary alicyclic amines) is 1. The van der Waals surface area contributed by atoms with E-state index < -0.39 is 5.41 Å². The number of carbonyl (C=O) groups excluding carboxylic acids is 2. The molecule has 0 saturated carbocycles. The molecule has 1 saturated heterocycles. The Kier molecular flexibility index (Phi) is 6.53. The summed E-state index contributed by atoms with van der Waals surface area (Å²) in [5.74, 6) is 0.334. The molecule has 0 bridgehead atoms. The van der Waals surface area contributed by atoms with E-state index in [4.69, 9.17) is 4.52 Å². The van der Waals surface area contributed by atoms with Gasteiger partial charge in [-0.15, -0.1) is 0 Å². The maximum absolute atomic E-state index is 13.2. The number of rotatable bonds is 6. The third-order valence-corrected chi connectivity index (χ3v) is 6.10. The van der Waals surface area contributed by atoms with E-state index in [0.29, 0.717) is 38.1 Å². The smallest absolute Gasteiger partial charge is 0.274 e. The van der Waals surface area contributed by atoms with Gasteiger partial charge in [-0.1, -0.05) is 35.0 Å². The first kappa shape index (κ1) is 22.6. The van der Waals surface area contributed by atoms with Gasteiger partial charge in [-0.3, -0.25) is 14.6 Å². The number of nitrogens with zero attached hydrogens (tertiary/aromatic N) is 4. The van der Waals surface area contributed by atoms with Gasteiger partial charge in [-0.05, 0) is 33.6 Å². The lowest BCUT2D eigenvalue weighted by atomic mass is 9.75. The van der Waals surface area contributed by atoms with E-state index in [1.54, 1.807) is 11.1 Å². The van der Waals surface area contributed by atoms with Crippen molar-refractivity contribution in [2.45, 2.75) is 40.0 Å². The molecule has 0 radical (unpaired) electrons. The summed E-state index contributed by atoms with van der Waals surface area (Å²) in [7, 11) is 0. The Labute approximate surface area is 193 Å². The maximum Gasteiger partial charge on any atom is 0.274 e. The molecule has 33 heavy (non-hydrogen) atoms. The van der Waals surface area contributed by atoms with Crippen LogP contribution in [0.4, 0.5) is 0 Å². The highest BCUT2D eigenvalue weighted by molar-refractivity contribution is 5.93. The molecule has 2 amide bonds. The largest absolute Gasteiger partial charge is 0.361 e. The van der Waals surface area contributed by atoms with Gasteiger partial charge < -0.3 is 14.7 Å². The van der Waals surface area contributed by atoms with Gasteiger partial charge in [0.05, 0.1) is 17.3 Å². The monoisotopic (exact) mass is 447 g/mol. The van der Waals surface area contributed by atoms with Crippen LogP contribution in [-0.2, 0) is 11.2 Å². The molecule has 8 nitrogen and oxygen atoms in total. The van der Waals surface area contributed by atoms with Gasteiger partial charge in [0.25, 0.3) is 5.91 Å². The summed E-state index contributed by atoms with van der Waals surface area (Å²) in [5, 5.41) is 7.18. The lowest BCUT2D eigenvalue weighted by Gasteiger charge is -2.41. The third-order valence-electron chi connectivity index (χ3n) is 6.10. The van der Waals surface area contributed by atoms with E-state index in [9.17, 15) is 9.59 Å². The molecule has 1 aromatic carbocycles. The van der Waals surface area contributed by atoms with Gasteiger partial charge in [0, 0.05) is 43.9 Å². The van der Waals surface area contributed by atoms with Gasteiger partial charge in [0.15, 0.2) is 0 Å². The van der Waals surface area contributed by atoms with Crippen molar-refractivity contribution >= 4 is 11.8 Å². The molecule has 172 valence electrons. The van der Waals surface area contributed by atoms with E-state index in [2.05, 4.69) is 20.4 Å². The van der Waals surface area contributed by atoms with E-state index in [0.717, 1.165) is 17.0 Å². The lowest BCUT2D eigenvalue weighted by Crippen LogP contribution is -2.54. The van der Waals surface area contributed by atoms with Crippen molar-refractivity contribution in [2.24, 2.45) is 5.41 Å². The molecule has 0 spiro atoms. The van der Waals surface area contributed by atoms with Crippen LogP contribution >= 0.6 is 0 Å². The fourth-order valence-electron chi connectivity index (χ4n) is 4.32. The summed E-state index contributed by atoms with van der Waals surface area (Å²) in [6.07, 6.45) is 4.80. The van der Waals surface area contributed by atoms with Crippen molar-refractivity contribution in [3.05, 3.63) is 65.4 Å². The Bertz CT molecular complexity index is 1120. The fourth-order valence-corrected chi connectivity index (χ4v) is 4.32. The number of amides is 2. The van der Waals surface area contributed by atoms with Crippen LogP contribution in [0.2, 0.25) is 0 Å². The highest BCUT2D eigenvalue weighted by Crippen LogP contribution is 2.35. The second kappa shape index (κ2) is 9.52. The number of nitrogens with one attached hydrogen (secondary N) is 1. The van der Waals surface area contributed by atoms with Crippen molar-refractivity contribution in [3.63, 3.8) is 0 Å². The van der Waals surface area contributed by atoms with Crippen LogP contribution in [0, 0.1) is 19.3 Å². The van der Waals surface area contributed by atoms with E-state index in [1.165, 1.54) is 11.8 Å². The predicted octanol–water partition coefficient (Wildman–Crippen LogP) is 3.35. The van der Waals surface area contributed by atoms with E-state index >= 15 is 0 Å². The quantitative estimate of drug-likeness (QED) is 0.622. The summed E-state index contributed by atoms with van der Waals surface area (Å²) < 4.78 is 5.64. The van der Waals surface area contributed by atoms with Crippen molar-refractivity contribution in [1.29, 1.82) is 0 Å². The van der Waals surface area contributed by atoms with Crippen LogP contribution in [0.3, 0.4) is 0 Å². The Morgan fingerprint density at radius 3 is 2.64 bits per heavy atom. The molecule has 3 heterocycles. The normalized spacial score (nSPS) is 18.2. The van der Waals surface area contributed by atoms with Gasteiger partial charge in [0.2, 0.25) is 5.91 Å². The predicted molar refractivity (Wildman–Crippen MR) is 123 cm³/mol. The summed E-state index contributed by atoms with van der Waals surface area (Å²) in [5.41, 5.74) is 3.09. The molecule has 0 aliphatic carbocycles. The first-order valence-electron chi connectivity index (χ1n) is 11.3. The Morgan fingerprint density at radius 2 is 1.94 bits per heavy atom. The third kappa shape index (κ3) is 4.94. The average Bonchev–Trinajstić information content (AvgIpc) is 3.28. The number of aryl methyl sites for hydroxylation is 2. The van der Waals surface area contributed by atoms with Crippen LogP contribution in [0.5, 0.6) is 0 Å². The molecule has 1 aliphatic heterocycles. The van der Waals surface area contributed by atoms with Gasteiger partial charge in [-0.25, -0.2) is 4.98 Å². The van der Waals surface area contributed by atoms with E-state index in [1.807, 2.05) is 51.1 Å². The molecule has 1 fully saturated rings. The standard InChI is InChI=1S/C25H29N5O3/c1-4-26-24(32)25(13-20-12-21(29-33-20)19-8-6-17(2)7-9-19)10-5-11-30(16-25)23(31)22-15-27-18(3)14-28-22/h6-9,12,14-15H,4-5,10-11,13,16H2,1-3H3,(H,26,32)/t25-/m1/s1.